The molecule has 1 saturated heterocycles. The lowest BCUT2D eigenvalue weighted by Gasteiger charge is -2.47. The highest BCUT2D eigenvalue weighted by molar-refractivity contribution is 6.05. The Morgan fingerprint density at radius 3 is 2.28 bits per heavy atom. The lowest BCUT2D eigenvalue weighted by Crippen LogP contribution is -2.62. The van der Waals surface area contributed by atoms with Gasteiger partial charge in [0, 0.05) is 16.6 Å². The number of carbonyl (C=O) groups excluding carboxylic acids is 3. The van der Waals surface area contributed by atoms with Crippen molar-refractivity contribution in [3.05, 3.63) is 29.3 Å². The van der Waals surface area contributed by atoms with Gasteiger partial charge in [-0.3, -0.25) is 14.4 Å². The Kier molecular flexibility index (Phi) is 4.90. The van der Waals surface area contributed by atoms with E-state index in [0.29, 0.717) is 6.42 Å². The minimum atomic E-state index is -0.687. The van der Waals surface area contributed by atoms with Gasteiger partial charge >= 0.3 is 0 Å². The summed E-state index contributed by atoms with van der Waals surface area (Å²) in [4.78, 5) is 35.8. The third kappa shape index (κ3) is 4.17. The maximum Gasteiger partial charge on any atom is 0.250 e. The van der Waals surface area contributed by atoms with Crippen molar-refractivity contribution in [3.63, 3.8) is 0 Å². The van der Waals surface area contributed by atoms with Crippen LogP contribution < -0.4 is 22.1 Å². The molecule has 0 bridgehead atoms. The number of nitrogens with one attached hydrogen (secondary N) is 2. The second-order valence-electron chi connectivity index (χ2n) is 7.80. The van der Waals surface area contributed by atoms with Crippen LogP contribution in [0, 0.1) is 5.92 Å². The summed E-state index contributed by atoms with van der Waals surface area (Å²) >= 11 is 0. The summed E-state index contributed by atoms with van der Waals surface area (Å²) in [6, 6.07) is 4.19. The summed E-state index contributed by atoms with van der Waals surface area (Å²) in [5.41, 5.74) is 10.7. The van der Waals surface area contributed by atoms with Crippen LogP contribution in [0.3, 0.4) is 0 Å². The lowest BCUT2D eigenvalue weighted by molar-refractivity contribution is -0.124. The monoisotopic (exact) mass is 346 g/mol. The van der Waals surface area contributed by atoms with E-state index in [1.54, 1.807) is 0 Å². The molecule has 1 fully saturated rings. The van der Waals surface area contributed by atoms with Crippen LogP contribution in [-0.2, 0) is 4.79 Å². The van der Waals surface area contributed by atoms with Crippen molar-refractivity contribution in [3.8, 4) is 0 Å². The van der Waals surface area contributed by atoms with Gasteiger partial charge in [0.15, 0.2) is 0 Å². The Morgan fingerprint density at radius 1 is 1.12 bits per heavy atom. The molecule has 7 nitrogen and oxygen atoms in total. The summed E-state index contributed by atoms with van der Waals surface area (Å²) in [6.07, 6.45) is 1.55. The predicted octanol–water partition coefficient (Wildman–Crippen LogP) is 1.38. The van der Waals surface area contributed by atoms with Crippen LogP contribution in [0.2, 0.25) is 0 Å². The molecule has 1 unspecified atom stereocenters. The van der Waals surface area contributed by atoms with Crippen LogP contribution in [0.15, 0.2) is 18.2 Å². The summed E-state index contributed by atoms with van der Waals surface area (Å²) in [5.74, 6) is -1.85. The molecule has 0 radical (unpaired) electrons. The third-order valence-corrected chi connectivity index (χ3v) is 4.73. The SMILES string of the molecule is CC1(C)CCC(C(=O)Nc2cc(C(N)=O)ccc2C(N)=O)C(C)(C)N1. The van der Waals surface area contributed by atoms with E-state index in [1.165, 1.54) is 18.2 Å². The number of rotatable bonds is 4. The number of primary amides is 2. The smallest absolute Gasteiger partial charge is 0.250 e. The van der Waals surface area contributed by atoms with Gasteiger partial charge in [0.1, 0.15) is 0 Å². The largest absolute Gasteiger partial charge is 0.366 e. The zero-order chi connectivity index (χ0) is 19.0. The van der Waals surface area contributed by atoms with Crippen molar-refractivity contribution in [2.75, 3.05) is 5.32 Å². The molecule has 3 amide bonds. The maximum atomic E-state index is 12.8. The molecule has 0 aliphatic carbocycles. The van der Waals surface area contributed by atoms with E-state index in [-0.39, 0.29) is 34.2 Å². The van der Waals surface area contributed by atoms with Crippen LogP contribution in [0.1, 0.15) is 61.3 Å². The highest BCUT2D eigenvalue weighted by atomic mass is 16.2. The Labute approximate surface area is 147 Å². The van der Waals surface area contributed by atoms with E-state index in [4.69, 9.17) is 11.5 Å². The van der Waals surface area contributed by atoms with Crippen molar-refractivity contribution in [1.82, 2.24) is 5.32 Å². The van der Waals surface area contributed by atoms with Crippen LogP contribution in [0.4, 0.5) is 5.69 Å². The molecule has 7 heteroatoms. The van der Waals surface area contributed by atoms with Gasteiger partial charge in [-0.25, -0.2) is 0 Å². The van der Waals surface area contributed by atoms with E-state index in [1.807, 2.05) is 13.8 Å². The van der Waals surface area contributed by atoms with E-state index in [9.17, 15) is 14.4 Å². The molecule has 0 aromatic heterocycles. The third-order valence-electron chi connectivity index (χ3n) is 4.73. The second kappa shape index (κ2) is 6.48. The normalized spacial score (nSPS) is 21.4. The van der Waals surface area contributed by atoms with Gasteiger partial charge < -0.3 is 22.1 Å². The van der Waals surface area contributed by atoms with E-state index in [2.05, 4.69) is 24.5 Å². The van der Waals surface area contributed by atoms with Crippen molar-refractivity contribution in [2.45, 2.75) is 51.6 Å². The predicted molar refractivity (Wildman–Crippen MR) is 96.1 cm³/mol. The first-order valence-electron chi connectivity index (χ1n) is 8.27. The highest BCUT2D eigenvalue weighted by Crippen LogP contribution is 2.34. The van der Waals surface area contributed by atoms with Gasteiger partial charge in [-0.1, -0.05) is 0 Å². The Morgan fingerprint density at radius 2 is 1.76 bits per heavy atom. The fourth-order valence-electron chi connectivity index (χ4n) is 3.58. The number of hydrogen-bond donors (Lipinski definition) is 4. The molecule has 136 valence electrons. The van der Waals surface area contributed by atoms with Crippen LogP contribution >= 0.6 is 0 Å². The van der Waals surface area contributed by atoms with E-state index in [0.717, 1.165) is 6.42 Å². The molecular formula is C18H26N4O3. The van der Waals surface area contributed by atoms with Crippen LogP contribution in [0.25, 0.3) is 0 Å². The van der Waals surface area contributed by atoms with Gasteiger partial charge in [0.25, 0.3) is 5.91 Å². The molecule has 6 N–H and O–H groups in total. The number of amides is 3. The fraction of sp³-hybridized carbons (Fsp3) is 0.500. The Bertz CT molecular complexity index is 725. The van der Waals surface area contributed by atoms with Crippen LogP contribution in [-0.4, -0.2) is 28.8 Å². The molecule has 1 aromatic rings. The Hall–Kier alpha value is -2.41. The molecule has 1 aromatic carbocycles. The molecule has 0 spiro atoms. The van der Waals surface area contributed by atoms with Gasteiger partial charge in [-0.2, -0.15) is 0 Å². The van der Waals surface area contributed by atoms with Crippen LogP contribution in [0.5, 0.6) is 0 Å². The first kappa shape index (κ1) is 18.9. The zero-order valence-corrected chi connectivity index (χ0v) is 15.1. The number of carbonyl (C=O) groups is 3. The van der Waals surface area contributed by atoms with E-state index < -0.39 is 17.4 Å². The molecule has 1 aliphatic heterocycles. The minimum Gasteiger partial charge on any atom is -0.366 e. The average molecular weight is 346 g/mol. The average Bonchev–Trinajstić information content (AvgIpc) is 2.44. The van der Waals surface area contributed by atoms with Gasteiger partial charge in [-0.15, -0.1) is 0 Å². The van der Waals surface area contributed by atoms with Crippen molar-refractivity contribution < 1.29 is 14.4 Å². The minimum absolute atomic E-state index is 0.0510. The zero-order valence-electron chi connectivity index (χ0n) is 15.1. The quantitative estimate of drug-likeness (QED) is 0.656. The molecule has 25 heavy (non-hydrogen) atoms. The number of nitrogens with two attached hydrogens (primary N) is 2. The second-order valence-corrected chi connectivity index (χ2v) is 7.80. The molecule has 1 heterocycles. The van der Waals surface area contributed by atoms with Crippen molar-refractivity contribution in [1.29, 1.82) is 0 Å². The maximum absolute atomic E-state index is 12.8. The van der Waals surface area contributed by atoms with Gasteiger partial charge in [-0.05, 0) is 58.7 Å². The summed E-state index contributed by atoms with van der Waals surface area (Å²) in [5, 5.41) is 6.24. The summed E-state index contributed by atoms with van der Waals surface area (Å²) in [7, 11) is 0. The Balaban J connectivity index is 2.29. The molecule has 1 atom stereocenters. The molecule has 0 saturated carbocycles. The first-order valence-corrected chi connectivity index (χ1v) is 8.27. The highest BCUT2D eigenvalue weighted by Gasteiger charge is 2.43. The summed E-state index contributed by atoms with van der Waals surface area (Å²) < 4.78 is 0. The van der Waals surface area contributed by atoms with Gasteiger partial charge in [0.2, 0.25) is 11.8 Å². The molecular weight excluding hydrogens is 320 g/mol. The standard InChI is InChI=1S/C18H26N4O3/c1-17(2)8-7-12(18(3,4)22-17)16(25)21-13-9-10(14(19)23)5-6-11(13)15(20)24/h5-6,9,12,22H,7-8H2,1-4H3,(H2,19,23)(H2,20,24)(H,21,25). The van der Waals surface area contributed by atoms with Gasteiger partial charge in [0.05, 0.1) is 17.2 Å². The number of piperidine rings is 1. The number of anilines is 1. The topological polar surface area (TPSA) is 127 Å². The van der Waals surface area contributed by atoms with Crippen molar-refractivity contribution in [2.24, 2.45) is 17.4 Å². The first-order chi connectivity index (χ1) is 11.4. The molecule has 2 rings (SSSR count). The molecule has 1 aliphatic rings. The van der Waals surface area contributed by atoms with Crippen molar-refractivity contribution >= 4 is 23.4 Å². The summed E-state index contributed by atoms with van der Waals surface area (Å²) in [6.45, 7) is 8.16. The fourth-order valence-corrected chi connectivity index (χ4v) is 3.58. The number of benzene rings is 1. The van der Waals surface area contributed by atoms with E-state index >= 15 is 0 Å². The lowest BCUT2D eigenvalue weighted by atomic mass is 9.74. The number of hydrogen-bond acceptors (Lipinski definition) is 4.